The number of furan rings is 1. The molecule has 6 nitrogen and oxygen atoms in total. The van der Waals surface area contributed by atoms with E-state index in [1.54, 1.807) is 74.5 Å². The van der Waals surface area contributed by atoms with E-state index in [-0.39, 0.29) is 11.9 Å². The molecule has 0 aliphatic carbocycles. The van der Waals surface area contributed by atoms with Gasteiger partial charge >= 0.3 is 5.97 Å². The van der Waals surface area contributed by atoms with Gasteiger partial charge in [-0.1, -0.05) is 29.8 Å². The van der Waals surface area contributed by atoms with Gasteiger partial charge in [-0.2, -0.15) is 10.1 Å². The molecular formula is C24H19ClN2O4. The lowest BCUT2D eigenvalue weighted by atomic mass is 10.1. The van der Waals surface area contributed by atoms with Crippen molar-refractivity contribution in [3.8, 4) is 11.3 Å². The second-order valence-corrected chi connectivity index (χ2v) is 7.28. The molecule has 2 aromatic carbocycles. The minimum absolute atomic E-state index is 0.253. The number of carbonyl (C=O) groups excluding carboxylic acids is 2. The van der Waals surface area contributed by atoms with Gasteiger partial charge in [-0.15, -0.1) is 0 Å². The Morgan fingerprint density at radius 1 is 1.16 bits per heavy atom. The van der Waals surface area contributed by atoms with Crippen LogP contribution in [0.1, 0.15) is 30.0 Å². The van der Waals surface area contributed by atoms with Gasteiger partial charge in [-0.25, -0.2) is 4.79 Å². The predicted molar refractivity (Wildman–Crippen MR) is 120 cm³/mol. The molecule has 0 unspecified atom stereocenters. The normalized spacial score (nSPS) is 14.8. The molecule has 0 fully saturated rings. The number of anilines is 1. The van der Waals surface area contributed by atoms with Crippen molar-refractivity contribution in [1.29, 1.82) is 0 Å². The summed E-state index contributed by atoms with van der Waals surface area (Å²) in [5.41, 5.74) is 2.91. The summed E-state index contributed by atoms with van der Waals surface area (Å²) in [6.07, 6.45) is 1.67. The van der Waals surface area contributed by atoms with E-state index >= 15 is 0 Å². The summed E-state index contributed by atoms with van der Waals surface area (Å²) in [7, 11) is 0. The number of hydrogen-bond donors (Lipinski definition) is 0. The molecule has 4 rings (SSSR count). The fourth-order valence-corrected chi connectivity index (χ4v) is 3.36. The average molecular weight is 435 g/mol. The highest BCUT2D eigenvalue weighted by molar-refractivity contribution is 6.33. The highest BCUT2D eigenvalue weighted by Gasteiger charge is 2.29. The second-order valence-electron chi connectivity index (χ2n) is 6.84. The summed E-state index contributed by atoms with van der Waals surface area (Å²) in [5.74, 6) is 0.526. The topological polar surface area (TPSA) is 72.1 Å². The van der Waals surface area contributed by atoms with Gasteiger partial charge in [0.15, 0.2) is 0 Å². The van der Waals surface area contributed by atoms with Crippen molar-refractivity contribution >= 4 is 41.0 Å². The third kappa shape index (κ3) is 4.29. The van der Waals surface area contributed by atoms with E-state index in [0.29, 0.717) is 45.7 Å². The Bertz CT molecular complexity index is 1210. The first kappa shape index (κ1) is 20.6. The number of carbonyl (C=O) groups is 2. The van der Waals surface area contributed by atoms with Gasteiger partial charge in [0, 0.05) is 10.6 Å². The first-order valence-electron chi connectivity index (χ1n) is 9.71. The largest absolute Gasteiger partial charge is 0.462 e. The van der Waals surface area contributed by atoms with Crippen LogP contribution in [0.5, 0.6) is 0 Å². The van der Waals surface area contributed by atoms with Crippen LogP contribution in [-0.2, 0) is 9.53 Å². The van der Waals surface area contributed by atoms with Gasteiger partial charge < -0.3 is 9.15 Å². The number of benzene rings is 2. The molecule has 1 aliphatic heterocycles. The van der Waals surface area contributed by atoms with E-state index in [1.807, 2.05) is 6.07 Å². The van der Waals surface area contributed by atoms with Crippen LogP contribution >= 0.6 is 11.6 Å². The molecule has 0 spiro atoms. The first-order chi connectivity index (χ1) is 15.0. The lowest BCUT2D eigenvalue weighted by Gasteiger charge is -2.11. The Morgan fingerprint density at radius 3 is 2.65 bits per heavy atom. The fourth-order valence-electron chi connectivity index (χ4n) is 3.18. The van der Waals surface area contributed by atoms with Crippen molar-refractivity contribution in [3.63, 3.8) is 0 Å². The predicted octanol–water partition coefficient (Wildman–Crippen LogP) is 5.58. The van der Waals surface area contributed by atoms with Crippen LogP contribution in [0.4, 0.5) is 5.69 Å². The van der Waals surface area contributed by atoms with Crippen LogP contribution in [0.15, 0.2) is 75.8 Å². The molecule has 0 saturated heterocycles. The van der Waals surface area contributed by atoms with Crippen molar-refractivity contribution in [2.45, 2.75) is 13.8 Å². The summed E-state index contributed by atoms with van der Waals surface area (Å²) in [6, 6.07) is 17.5. The minimum Gasteiger partial charge on any atom is -0.462 e. The number of nitrogens with zero attached hydrogens (tertiary/aromatic N) is 2. The molecular weight excluding hydrogens is 416 g/mol. The highest BCUT2D eigenvalue weighted by Crippen LogP contribution is 2.29. The van der Waals surface area contributed by atoms with Crippen LogP contribution in [0.3, 0.4) is 0 Å². The summed E-state index contributed by atoms with van der Waals surface area (Å²) in [4.78, 5) is 24.7. The molecule has 0 atom stereocenters. The lowest BCUT2D eigenvalue weighted by Crippen LogP contribution is -2.21. The Hall–Kier alpha value is -3.64. The number of hydrogen-bond acceptors (Lipinski definition) is 5. The zero-order chi connectivity index (χ0) is 22.0. The number of esters is 1. The van der Waals surface area contributed by atoms with E-state index in [0.717, 1.165) is 5.56 Å². The molecule has 0 saturated carbocycles. The molecule has 0 bridgehead atoms. The van der Waals surface area contributed by atoms with Gasteiger partial charge in [0.05, 0.1) is 29.1 Å². The zero-order valence-corrected chi connectivity index (χ0v) is 17.7. The van der Waals surface area contributed by atoms with Crippen molar-refractivity contribution in [3.05, 3.63) is 82.6 Å². The van der Waals surface area contributed by atoms with Crippen LogP contribution in [0.2, 0.25) is 5.02 Å². The standard InChI is InChI=1S/C24H19ClN2O4/c1-3-30-24(29)17-9-7-16(8-10-17)22-12-11-20(31-22)14-21-15(2)26-27(23(21)28)19-6-4-5-18(25)13-19/h4-14H,3H2,1-2H3/b21-14-. The van der Waals surface area contributed by atoms with Crippen LogP contribution in [0.25, 0.3) is 17.4 Å². The smallest absolute Gasteiger partial charge is 0.338 e. The van der Waals surface area contributed by atoms with E-state index in [2.05, 4.69) is 5.10 Å². The molecule has 2 heterocycles. The maximum Gasteiger partial charge on any atom is 0.338 e. The zero-order valence-electron chi connectivity index (χ0n) is 17.0. The number of ether oxygens (including phenoxy) is 1. The van der Waals surface area contributed by atoms with E-state index in [4.69, 9.17) is 20.8 Å². The molecule has 0 radical (unpaired) electrons. The fraction of sp³-hybridized carbons (Fsp3) is 0.125. The number of amides is 1. The summed E-state index contributed by atoms with van der Waals surface area (Å²) < 4.78 is 10.9. The van der Waals surface area contributed by atoms with E-state index < -0.39 is 0 Å². The molecule has 3 aromatic rings. The van der Waals surface area contributed by atoms with Gasteiger partial charge in [0.1, 0.15) is 11.5 Å². The Balaban J connectivity index is 1.55. The summed E-state index contributed by atoms with van der Waals surface area (Å²) >= 11 is 6.04. The van der Waals surface area contributed by atoms with Crippen molar-refractivity contribution in [2.24, 2.45) is 5.10 Å². The van der Waals surface area contributed by atoms with Gasteiger partial charge in [0.2, 0.25) is 0 Å². The molecule has 0 N–H and O–H groups in total. The molecule has 7 heteroatoms. The van der Waals surface area contributed by atoms with Gasteiger partial charge in [-0.05, 0) is 62.4 Å². The van der Waals surface area contributed by atoms with Gasteiger partial charge in [0.25, 0.3) is 5.91 Å². The minimum atomic E-state index is -0.363. The summed E-state index contributed by atoms with van der Waals surface area (Å²) in [5, 5.41) is 6.21. The third-order valence-corrected chi connectivity index (χ3v) is 4.94. The third-order valence-electron chi connectivity index (χ3n) is 4.71. The summed E-state index contributed by atoms with van der Waals surface area (Å²) in [6.45, 7) is 3.86. The van der Waals surface area contributed by atoms with Crippen LogP contribution < -0.4 is 5.01 Å². The number of rotatable bonds is 5. The van der Waals surface area contributed by atoms with Crippen molar-refractivity contribution in [2.75, 3.05) is 11.6 Å². The number of halogens is 1. The molecule has 1 aromatic heterocycles. The van der Waals surface area contributed by atoms with E-state index in [1.165, 1.54) is 5.01 Å². The molecule has 156 valence electrons. The van der Waals surface area contributed by atoms with Crippen LogP contribution in [-0.4, -0.2) is 24.2 Å². The van der Waals surface area contributed by atoms with Gasteiger partial charge in [-0.3, -0.25) is 4.79 Å². The Morgan fingerprint density at radius 2 is 1.94 bits per heavy atom. The SMILES string of the molecule is CCOC(=O)c1ccc(-c2ccc(/C=C3\C(=O)N(c4cccc(Cl)c4)N=C3C)o2)cc1. The average Bonchev–Trinajstić information content (AvgIpc) is 3.34. The molecule has 31 heavy (non-hydrogen) atoms. The van der Waals surface area contributed by atoms with Crippen molar-refractivity contribution < 1.29 is 18.7 Å². The first-order valence-corrected chi connectivity index (χ1v) is 10.1. The van der Waals surface area contributed by atoms with E-state index in [9.17, 15) is 9.59 Å². The molecule has 1 aliphatic rings. The Labute approximate surface area is 184 Å². The highest BCUT2D eigenvalue weighted by atomic mass is 35.5. The quantitative estimate of drug-likeness (QED) is 0.388. The monoisotopic (exact) mass is 434 g/mol. The Kier molecular flexibility index (Phi) is 5.73. The molecule has 1 amide bonds. The second kappa shape index (κ2) is 8.62. The maximum absolute atomic E-state index is 12.9. The van der Waals surface area contributed by atoms with Crippen molar-refractivity contribution in [1.82, 2.24) is 0 Å². The lowest BCUT2D eigenvalue weighted by molar-refractivity contribution is -0.114. The number of hydrazone groups is 1. The maximum atomic E-state index is 12.9. The van der Waals surface area contributed by atoms with Crippen LogP contribution in [0, 0.1) is 0 Å².